The monoisotopic (exact) mass is 462 g/mol. The van der Waals surface area contributed by atoms with E-state index in [1.165, 1.54) is 4.68 Å². The molecule has 1 fully saturated rings. The molecular weight excluding hydrogens is 436 g/mol. The van der Waals surface area contributed by atoms with E-state index >= 15 is 0 Å². The summed E-state index contributed by atoms with van der Waals surface area (Å²) in [6.07, 6.45) is 2.83. The maximum absolute atomic E-state index is 13.6. The molecule has 4 aromatic rings. The highest BCUT2D eigenvalue weighted by atomic mass is 35.5. The Bertz CT molecular complexity index is 1400. The maximum Gasteiger partial charge on any atom is 0.291 e. The summed E-state index contributed by atoms with van der Waals surface area (Å²) < 4.78 is 3.31. The van der Waals surface area contributed by atoms with Crippen LogP contribution in [-0.2, 0) is 17.9 Å². The number of likely N-dealkylation sites (tertiary alicyclic amines) is 1. The highest BCUT2D eigenvalue weighted by Gasteiger charge is 2.26. The minimum absolute atomic E-state index is 0.0487. The van der Waals surface area contributed by atoms with E-state index in [4.69, 9.17) is 11.6 Å². The van der Waals surface area contributed by atoms with Crippen molar-refractivity contribution in [1.82, 2.24) is 19.2 Å². The van der Waals surface area contributed by atoms with E-state index in [9.17, 15) is 9.59 Å². The zero-order valence-corrected chi connectivity index (χ0v) is 19.6. The molecule has 0 aliphatic carbocycles. The normalized spacial score (nSPS) is 18.8. The van der Waals surface area contributed by atoms with Gasteiger partial charge in [-0.05, 0) is 42.0 Å². The molecule has 2 aromatic carbocycles. The molecule has 2 atom stereocenters. The number of aromatic nitrogens is 3. The van der Waals surface area contributed by atoms with E-state index in [1.54, 1.807) is 6.20 Å². The largest absolute Gasteiger partial charge is 0.341 e. The summed E-state index contributed by atoms with van der Waals surface area (Å²) in [7, 11) is 0. The molecule has 170 valence electrons. The first-order chi connectivity index (χ1) is 15.9. The summed E-state index contributed by atoms with van der Waals surface area (Å²) in [5.74, 6) is 0.870. The van der Waals surface area contributed by atoms with Gasteiger partial charge in [0.25, 0.3) is 5.56 Å². The van der Waals surface area contributed by atoms with Crippen LogP contribution in [0.3, 0.4) is 0 Å². The third-order valence-corrected chi connectivity index (χ3v) is 6.74. The van der Waals surface area contributed by atoms with Gasteiger partial charge >= 0.3 is 0 Å². The van der Waals surface area contributed by atoms with E-state index < -0.39 is 0 Å². The third kappa shape index (κ3) is 4.15. The Morgan fingerprint density at radius 2 is 1.82 bits per heavy atom. The Hall–Kier alpha value is -3.12. The van der Waals surface area contributed by atoms with Gasteiger partial charge in [0.2, 0.25) is 5.91 Å². The van der Waals surface area contributed by atoms with Crippen LogP contribution in [0.25, 0.3) is 21.8 Å². The van der Waals surface area contributed by atoms with Crippen LogP contribution < -0.4 is 5.56 Å². The van der Waals surface area contributed by atoms with Crippen LogP contribution in [0.1, 0.15) is 25.8 Å². The van der Waals surface area contributed by atoms with Crippen molar-refractivity contribution in [3.05, 3.63) is 75.7 Å². The molecule has 7 heteroatoms. The van der Waals surface area contributed by atoms with Gasteiger partial charge in [0.1, 0.15) is 12.1 Å². The molecule has 1 aliphatic heterocycles. The fourth-order valence-corrected chi connectivity index (χ4v) is 5.40. The first kappa shape index (κ1) is 21.7. The summed E-state index contributed by atoms with van der Waals surface area (Å²) in [5.41, 5.74) is 2.26. The minimum Gasteiger partial charge on any atom is -0.341 e. The SMILES string of the molecule is CC1CC(C)CN(C(=O)Cn2ncc3c4ccccc4n(Cc4cccc(Cl)c4)c3c2=O)C1. The maximum atomic E-state index is 13.6. The quantitative estimate of drug-likeness (QED) is 0.446. The number of fused-ring (bicyclic) bond motifs is 3. The number of amides is 1. The van der Waals surface area contributed by atoms with Crippen LogP contribution in [0.4, 0.5) is 0 Å². The average molecular weight is 463 g/mol. The van der Waals surface area contributed by atoms with Crippen molar-refractivity contribution in [3.8, 4) is 0 Å². The summed E-state index contributed by atoms with van der Waals surface area (Å²) in [4.78, 5) is 28.5. The molecule has 1 amide bonds. The topological polar surface area (TPSA) is 60.1 Å². The smallest absolute Gasteiger partial charge is 0.291 e. The number of hydrogen-bond acceptors (Lipinski definition) is 3. The van der Waals surface area contributed by atoms with Gasteiger partial charge in [0.05, 0.1) is 6.20 Å². The van der Waals surface area contributed by atoms with E-state index in [0.717, 1.165) is 41.4 Å². The van der Waals surface area contributed by atoms with Crippen molar-refractivity contribution in [2.75, 3.05) is 13.1 Å². The van der Waals surface area contributed by atoms with Crippen molar-refractivity contribution in [2.45, 2.75) is 33.4 Å². The highest BCUT2D eigenvalue weighted by molar-refractivity contribution is 6.30. The van der Waals surface area contributed by atoms with Crippen LogP contribution in [0.5, 0.6) is 0 Å². The zero-order valence-electron chi connectivity index (χ0n) is 18.9. The summed E-state index contributed by atoms with van der Waals surface area (Å²) in [6.45, 7) is 6.25. The summed E-state index contributed by atoms with van der Waals surface area (Å²) in [6, 6.07) is 15.6. The lowest BCUT2D eigenvalue weighted by molar-refractivity contribution is -0.134. The summed E-state index contributed by atoms with van der Waals surface area (Å²) >= 11 is 6.20. The number of nitrogens with zero attached hydrogens (tertiary/aromatic N) is 4. The van der Waals surface area contributed by atoms with Gasteiger partial charge in [-0.15, -0.1) is 0 Å². The Balaban J connectivity index is 1.57. The van der Waals surface area contributed by atoms with Gasteiger partial charge in [0.15, 0.2) is 0 Å². The molecular formula is C26H27ClN4O2. The van der Waals surface area contributed by atoms with Gasteiger partial charge in [0, 0.05) is 40.9 Å². The second kappa shape index (κ2) is 8.67. The molecule has 2 unspecified atom stereocenters. The van der Waals surface area contributed by atoms with Gasteiger partial charge in [-0.3, -0.25) is 9.59 Å². The van der Waals surface area contributed by atoms with Crippen LogP contribution in [0.2, 0.25) is 5.02 Å². The number of piperidine rings is 1. The van der Waals surface area contributed by atoms with E-state index in [-0.39, 0.29) is 18.0 Å². The average Bonchev–Trinajstić information content (AvgIpc) is 3.09. The highest BCUT2D eigenvalue weighted by Crippen LogP contribution is 2.28. The van der Waals surface area contributed by atoms with E-state index in [2.05, 4.69) is 18.9 Å². The fourth-order valence-electron chi connectivity index (χ4n) is 5.18. The molecule has 5 rings (SSSR count). The van der Waals surface area contributed by atoms with Crippen LogP contribution >= 0.6 is 11.6 Å². The third-order valence-electron chi connectivity index (χ3n) is 6.51. The van der Waals surface area contributed by atoms with Gasteiger partial charge in [-0.2, -0.15) is 5.10 Å². The van der Waals surface area contributed by atoms with Crippen LogP contribution in [0, 0.1) is 11.8 Å². The van der Waals surface area contributed by atoms with Crippen molar-refractivity contribution < 1.29 is 4.79 Å². The van der Waals surface area contributed by atoms with Crippen LogP contribution in [-0.4, -0.2) is 38.2 Å². The van der Waals surface area contributed by atoms with Crippen LogP contribution in [0.15, 0.2) is 59.5 Å². The molecule has 1 saturated heterocycles. The number of halogens is 1. The lowest BCUT2D eigenvalue weighted by Gasteiger charge is -2.35. The Morgan fingerprint density at radius 3 is 2.58 bits per heavy atom. The van der Waals surface area contributed by atoms with Crippen molar-refractivity contribution in [3.63, 3.8) is 0 Å². The fraction of sp³-hybridized carbons (Fsp3) is 0.346. The molecule has 0 saturated carbocycles. The molecule has 1 aliphatic rings. The molecule has 0 spiro atoms. The minimum atomic E-state index is -0.253. The van der Waals surface area contributed by atoms with E-state index in [1.807, 2.05) is 58.0 Å². The zero-order chi connectivity index (χ0) is 23.1. The van der Waals surface area contributed by atoms with Gasteiger partial charge < -0.3 is 9.47 Å². The first-order valence-electron chi connectivity index (χ1n) is 11.4. The lowest BCUT2D eigenvalue weighted by atomic mass is 9.92. The van der Waals surface area contributed by atoms with E-state index in [0.29, 0.717) is 28.9 Å². The molecule has 0 bridgehead atoms. The first-order valence-corrected chi connectivity index (χ1v) is 11.8. The second-order valence-corrected chi connectivity index (χ2v) is 9.78. The second-order valence-electron chi connectivity index (χ2n) is 9.35. The Kier molecular flexibility index (Phi) is 5.71. The molecule has 6 nitrogen and oxygen atoms in total. The number of carbonyl (C=O) groups excluding carboxylic acids is 1. The van der Waals surface area contributed by atoms with Gasteiger partial charge in [-0.25, -0.2) is 4.68 Å². The van der Waals surface area contributed by atoms with Gasteiger partial charge in [-0.1, -0.05) is 55.8 Å². The standard InChI is InChI=1S/C26H27ClN4O2/c1-17-10-18(2)14-29(13-17)24(32)16-31-26(33)25-22(12-28-31)21-8-3-4-9-23(21)30(25)15-19-6-5-7-20(27)11-19/h3-9,11-12,17-18H,10,13-16H2,1-2H3. The molecule has 3 heterocycles. The number of hydrogen-bond donors (Lipinski definition) is 0. The number of benzene rings is 2. The Morgan fingerprint density at radius 1 is 1.06 bits per heavy atom. The van der Waals surface area contributed by atoms with Crippen molar-refractivity contribution >= 4 is 39.3 Å². The Labute approximate surface area is 197 Å². The number of carbonyl (C=O) groups is 1. The molecule has 33 heavy (non-hydrogen) atoms. The number of para-hydroxylation sites is 1. The predicted molar refractivity (Wildman–Crippen MR) is 132 cm³/mol. The molecule has 2 aromatic heterocycles. The molecule has 0 radical (unpaired) electrons. The van der Waals surface area contributed by atoms with Crippen molar-refractivity contribution in [1.29, 1.82) is 0 Å². The summed E-state index contributed by atoms with van der Waals surface area (Å²) in [5, 5.41) is 6.80. The lowest BCUT2D eigenvalue weighted by Crippen LogP contribution is -2.45. The van der Waals surface area contributed by atoms with Crippen molar-refractivity contribution in [2.24, 2.45) is 11.8 Å². The predicted octanol–water partition coefficient (Wildman–Crippen LogP) is 4.56. The molecule has 0 N–H and O–H groups in total. The number of rotatable bonds is 4.